The largest absolute Gasteiger partial charge is 0.390 e. The van der Waals surface area contributed by atoms with Crippen LogP contribution in [0.25, 0.3) is 11.0 Å². The van der Waals surface area contributed by atoms with Crippen LogP contribution in [0.5, 0.6) is 0 Å². The van der Waals surface area contributed by atoms with Crippen molar-refractivity contribution in [3.05, 3.63) is 42.4 Å². The molecule has 0 radical (unpaired) electrons. The summed E-state index contributed by atoms with van der Waals surface area (Å²) in [6.45, 7) is 5.10. The number of fused-ring (bicyclic) bond motifs is 2. The van der Waals surface area contributed by atoms with E-state index >= 15 is 0 Å². The zero-order chi connectivity index (χ0) is 24.4. The van der Waals surface area contributed by atoms with E-state index in [4.69, 9.17) is 5.73 Å². The summed E-state index contributed by atoms with van der Waals surface area (Å²) in [6.07, 6.45) is 3.27. The van der Waals surface area contributed by atoms with Gasteiger partial charge in [-0.05, 0) is 69.7 Å². The first-order chi connectivity index (χ1) is 16.0. The molecule has 3 heterocycles. The maximum absolute atomic E-state index is 13.0. The summed E-state index contributed by atoms with van der Waals surface area (Å²) in [7, 11) is -3.51. The number of hydrogen-bond donors (Lipinski definition) is 3. The van der Waals surface area contributed by atoms with Crippen LogP contribution < -0.4 is 5.73 Å². The number of anilines is 1. The molecule has 4 N–H and O–H groups in total. The van der Waals surface area contributed by atoms with Gasteiger partial charge in [-0.3, -0.25) is 4.99 Å². The van der Waals surface area contributed by atoms with Crippen molar-refractivity contribution in [1.29, 1.82) is 0 Å². The molecule has 2 aromatic heterocycles. The van der Waals surface area contributed by atoms with E-state index in [2.05, 4.69) is 15.0 Å². The molecule has 1 aliphatic carbocycles. The molecule has 0 bridgehead atoms. The summed E-state index contributed by atoms with van der Waals surface area (Å²) < 4.78 is 26.8. The molecule has 0 spiro atoms. The topological polar surface area (TPSA) is 144 Å². The Morgan fingerprint density at radius 1 is 1.18 bits per heavy atom. The summed E-state index contributed by atoms with van der Waals surface area (Å²) in [5.74, 6) is 0.254. The number of sulfone groups is 1. The SMILES string of the molecule is CC1=Nc2cc(CC[C@H]3C[C@@H](n4ccc5c(N)ncnc54)[C@H](O)[C@@H]3O)ccc2S(=O)(=O)C1(C)C. The Morgan fingerprint density at radius 3 is 2.71 bits per heavy atom. The van der Waals surface area contributed by atoms with E-state index in [1.165, 1.54) is 6.33 Å². The molecule has 180 valence electrons. The van der Waals surface area contributed by atoms with Crippen molar-refractivity contribution in [1.82, 2.24) is 14.5 Å². The highest BCUT2D eigenvalue weighted by atomic mass is 32.2. The molecule has 5 rings (SSSR count). The number of nitrogens with zero attached hydrogens (tertiary/aromatic N) is 4. The molecule has 0 saturated heterocycles. The minimum absolute atomic E-state index is 0.124. The number of nitrogens with two attached hydrogens (primary N) is 1. The molecule has 34 heavy (non-hydrogen) atoms. The van der Waals surface area contributed by atoms with E-state index in [0.717, 1.165) is 10.9 Å². The fraction of sp³-hybridized carbons (Fsp3) is 0.458. The number of aliphatic hydroxyl groups excluding tert-OH is 2. The Morgan fingerprint density at radius 2 is 1.94 bits per heavy atom. The Balaban J connectivity index is 1.35. The van der Waals surface area contributed by atoms with Crippen LogP contribution in [0.3, 0.4) is 0 Å². The van der Waals surface area contributed by atoms with Crippen LogP contribution in [0.15, 0.2) is 46.7 Å². The fourth-order valence-electron chi connectivity index (χ4n) is 5.09. The predicted octanol–water partition coefficient (Wildman–Crippen LogP) is 2.59. The number of hydrogen-bond acceptors (Lipinski definition) is 8. The average molecular weight is 484 g/mol. The number of aryl methyl sites for hydroxylation is 1. The van der Waals surface area contributed by atoms with Gasteiger partial charge in [-0.2, -0.15) is 0 Å². The second kappa shape index (κ2) is 7.86. The predicted molar refractivity (Wildman–Crippen MR) is 130 cm³/mol. The first-order valence-electron chi connectivity index (χ1n) is 11.4. The quantitative estimate of drug-likeness (QED) is 0.517. The van der Waals surface area contributed by atoms with Crippen LogP contribution >= 0.6 is 0 Å². The van der Waals surface area contributed by atoms with Crippen molar-refractivity contribution in [2.75, 3.05) is 5.73 Å². The van der Waals surface area contributed by atoms with Crippen LogP contribution in [-0.2, 0) is 16.3 Å². The van der Waals surface area contributed by atoms with E-state index in [1.54, 1.807) is 26.8 Å². The smallest absolute Gasteiger partial charge is 0.191 e. The lowest BCUT2D eigenvalue weighted by Gasteiger charge is -2.29. The lowest BCUT2D eigenvalue weighted by molar-refractivity contribution is 0.00545. The lowest BCUT2D eigenvalue weighted by atomic mass is 9.96. The summed E-state index contributed by atoms with van der Waals surface area (Å²) in [4.78, 5) is 13.1. The lowest BCUT2D eigenvalue weighted by Crippen LogP contribution is -2.41. The summed E-state index contributed by atoms with van der Waals surface area (Å²) in [5, 5.41) is 22.3. The third-order valence-electron chi connectivity index (χ3n) is 7.62. The van der Waals surface area contributed by atoms with Gasteiger partial charge in [-0.15, -0.1) is 0 Å². The van der Waals surface area contributed by atoms with Gasteiger partial charge < -0.3 is 20.5 Å². The zero-order valence-electron chi connectivity index (χ0n) is 19.4. The second-order valence-electron chi connectivity index (χ2n) is 9.82. The van der Waals surface area contributed by atoms with Crippen molar-refractivity contribution in [3.8, 4) is 0 Å². The van der Waals surface area contributed by atoms with Gasteiger partial charge in [0.15, 0.2) is 9.84 Å². The molecule has 2 aliphatic rings. The zero-order valence-corrected chi connectivity index (χ0v) is 20.2. The maximum atomic E-state index is 13.0. The first kappa shape index (κ1) is 22.9. The van der Waals surface area contributed by atoms with E-state index in [-0.39, 0.29) is 16.9 Å². The van der Waals surface area contributed by atoms with Crippen LogP contribution in [0.1, 0.15) is 45.2 Å². The summed E-state index contributed by atoms with van der Waals surface area (Å²) >= 11 is 0. The Hall–Kier alpha value is -2.82. The minimum atomic E-state index is -3.51. The van der Waals surface area contributed by atoms with Crippen molar-refractivity contribution in [2.24, 2.45) is 10.9 Å². The Labute approximate surface area is 198 Å². The molecule has 10 heteroatoms. The minimum Gasteiger partial charge on any atom is -0.390 e. The molecule has 4 atom stereocenters. The van der Waals surface area contributed by atoms with Crippen LogP contribution in [-0.4, -0.2) is 55.8 Å². The van der Waals surface area contributed by atoms with E-state index < -0.39 is 26.8 Å². The van der Waals surface area contributed by atoms with Gasteiger partial charge in [0.2, 0.25) is 0 Å². The van der Waals surface area contributed by atoms with Crippen molar-refractivity contribution >= 4 is 38.1 Å². The van der Waals surface area contributed by atoms with Crippen LogP contribution in [0, 0.1) is 5.92 Å². The number of benzene rings is 1. The standard InChI is InChI=1S/C24H29N5O4S/c1-13-24(2,3)34(32,33)19-7-5-14(10-17(19)28-13)4-6-15-11-18(21(31)20(15)30)29-9-8-16-22(25)26-12-27-23(16)29/h5,7-10,12,15,18,20-21,30-31H,4,6,11H2,1-3H3,(H2,25,26,27)/t15-,18+,20+,21-/m0/s1. The van der Waals surface area contributed by atoms with Crippen molar-refractivity contribution in [3.63, 3.8) is 0 Å². The number of aromatic nitrogens is 3. The number of aliphatic hydroxyl groups is 2. The molecule has 3 aromatic rings. The summed E-state index contributed by atoms with van der Waals surface area (Å²) in [6, 6.07) is 6.77. The number of aliphatic imine (C=N–C) groups is 1. The molecule has 9 nitrogen and oxygen atoms in total. The Bertz CT molecular complexity index is 1410. The summed E-state index contributed by atoms with van der Waals surface area (Å²) in [5.41, 5.74) is 8.55. The third kappa shape index (κ3) is 3.35. The van der Waals surface area contributed by atoms with Crippen LogP contribution in [0.4, 0.5) is 11.5 Å². The van der Waals surface area contributed by atoms with Gasteiger partial charge in [-0.1, -0.05) is 6.07 Å². The molecular formula is C24H29N5O4S. The normalized spacial score (nSPS) is 27.5. The first-order valence-corrected chi connectivity index (χ1v) is 12.9. The maximum Gasteiger partial charge on any atom is 0.191 e. The van der Waals surface area contributed by atoms with Crippen molar-refractivity contribution in [2.45, 2.75) is 67.9 Å². The van der Waals surface area contributed by atoms with Gasteiger partial charge in [0.05, 0.1) is 28.1 Å². The highest BCUT2D eigenvalue weighted by Crippen LogP contribution is 2.41. The molecule has 1 saturated carbocycles. The van der Waals surface area contributed by atoms with Crippen LogP contribution in [0.2, 0.25) is 0 Å². The molecule has 1 aromatic carbocycles. The molecule has 0 amide bonds. The molecule has 0 unspecified atom stereocenters. The van der Waals surface area contributed by atoms with Gasteiger partial charge in [0.1, 0.15) is 28.6 Å². The fourth-order valence-corrected chi connectivity index (χ4v) is 6.70. The Kier molecular flexibility index (Phi) is 5.30. The highest BCUT2D eigenvalue weighted by Gasteiger charge is 2.44. The van der Waals surface area contributed by atoms with E-state index in [1.807, 2.05) is 29.0 Å². The van der Waals surface area contributed by atoms with Gasteiger partial charge in [0.25, 0.3) is 0 Å². The van der Waals surface area contributed by atoms with E-state index in [9.17, 15) is 18.6 Å². The number of nitrogen functional groups attached to an aromatic ring is 1. The van der Waals surface area contributed by atoms with Crippen molar-refractivity contribution < 1.29 is 18.6 Å². The third-order valence-corrected chi connectivity index (χ3v) is 10.2. The molecule has 1 fully saturated rings. The molecular weight excluding hydrogens is 454 g/mol. The monoisotopic (exact) mass is 483 g/mol. The molecule has 1 aliphatic heterocycles. The second-order valence-corrected chi connectivity index (χ2v) is 12.3. The number of rotatable bonds is 4. The van der Waals surface area contributed by atoms with Gasteiger partial charge in [0, 0.05) is 11.9 Å². The van der Waals surface area contributed by atoms with E-state index in [0.29, 0.717) is 42.1 Å². The highest BCUT2D eigenvalue weighted by molar-refractivity contribution is 7.93. The average Bonchev–Trinajstić information content (AvgIpc) is 3.33. The van der Waals surface area contributed by atoms with Gasteiger partial charge in [-0.25, -0.2) is 18.4 Å². The van der Waals surface area contributed by atoms with Gasteiger partial charge >= 0.3 is 0 Å².